The van der Waals surface area contributed by atoms with E-state index in [0.29, 0.717) is 71.4 Å². The summed E-state index contributed by atoms with van der Waals surface area (Å²) in [6, 6.07) is 0. The lowest BCUT2D eigenvalue weighted by Crippen LogP contribution is -2.49. The third-order valence-corrected chi connectivity index (χ3v) is 7.13. The van der Waals surface area contributed by atoms with Crippen LogP contribution in [0.4, 0.5) is 0 Å². The molecule has 1 saturated heterocycles. The number of amides is 1. The molecule has 13 heteroatoms. The second-order valence-electron chi connectivity index (χ2n) is 11.3. The van der Waals surface area contributed by atoms with Crippen LogP contribution < -0.4 is 10.6 Å². The summed E-state index contributed by atoms with van der Waals surface area (Å²) < 4.78 is 0. The van der Waals surface area contributed by atoms with Gasteiger partial charge in [0.2, 0.25) is 5.91 Å². The molecule has 0 radical (unpaired) electrons. The molecule has 1 rings (SSSR count). The predicted octanol–water partition coefficient (Wildman–Crippen LogP) is 0.512. The Morgan fingerprint density at radius 2 is 1.05 bits per heavy atom. The van der Waals surface area contributed by atoms with Crippen molar-refractivity contribution >= 4 is 23.8 Å². The Hall–Kier alpha value is -2.32. The molecule has 1 amide bonds. The van der Waals surface area contributed by atoms with E-state index in [1.165, 1.54) is 6.42 Å². The first-order chi connectivity index (χ1) is 19.5. The maximum Gasteiger partial charge on any atom is 0.317 e. The fourth-order valence-electron chi connectivity index (χ4n) is 4.73. The minimum Gasteiger partial charge on any atom is -0.480 e. The smallest absolute Gasteiger partial charge is 0.317 e. The van der Waals surface area contributed by atoms with Gasteiger partial charge >= 0.3 is 17.9 Å². The first-order valence-corrected chi connectivity index (χ1v) is 15.1. The summed E-state index contributed by atoms with van der Waals surface area (Å²) in [4.78, 5) is 53.6. The molecule has 1 fully saturated rings. The van der Waals surface area contributed by atoms with Crippen molar-refractivity contribution in [3.05, 3.63) is 0 Å². The predicted molar refractivity (Wildman–Crippen MR) is 157 cm³/mol. The van der Waals surface area contributed by atoms with Gasteiger partial charge in [0.05, 0.1) is 19.6 Å². The van der Waals surface area contributed by atoms with Crippen LogP contribution in [0, 0.1) is 5.92 Å². The molecule has 238 valence electrons. The van der Waals surface area contributed by atoms with Crippen LogP contribution in [0.5, 0.6) is 0 Å². The Balaban J connectivity index is 2.49. The van der Waals surface area contributed by atoms with Crippen LogP contribution >= 0.6 is 0 Å². The van der Waals surface area contributed by atoms with E-state index in [-0.39, 0.29) is 25.5 Å². The van der Waals surface area contributed by atoms with Crippen molar-refractivity contribution in [2.24, 2.45) is 5.92 Å². The molecule has 1 heterocycles. The van der Waals surface area contributed by atoms with E-state index in [1.807, 2.05) is 9.80 Å². The summed E-state index contributed by atoms with van der Waals surface area (Å²) >= 11 is 0. The average Bonchev–Trinajstić information content (AvgIpc) is 2.87. The summed E-state index contributed by atoms with van der Waals surface area (Å²) in [7, 11) is 0. The minimum absolute atomic E-state index is 0.116. The van der Waals surface area contributed by atoms with E-state index in [4.69, 9.17) is 0 Å². The number of nitrogens with zero attached hydrogens (tertiary/aromatic N) is 4. The highest BCUT2D eigenvalue weighted by molar-refractivity contribution is 5.75. The van der Waals surface area contributed by atoms with Gasteiger partial charge in [-0.3, -0.25) is 38.8 Å². The third kappa shape index (κ3) is 21.1. The SMILES string of the molecule is CC(C)CCCCNC(=O)CCCCCNCN1CCN(CC(=O)O)CCN(CC(=O)O)CCN(CC(=O)O)CC1. The Bertz CT molecular complexity index is 738. The van der Waals surface area contributed by atoms with Crippen LogP contribution in [-0.2, 0) is 19.2 Å². The number of carbonyl (C=O) groups is 4. The number of carbonyl (C=O) groups excluding carboxylic acids is 1. The molecule has 0 atom stereocenters. The average molecular weight is 587 g/mol. The number of hydrogen-bond donors (Lipinski definition) is 5. The van der Waals surface area contributed by atoms with Crippen molar-refractivity contribution in [2.45, 2.75) is 58.8 Å². The number of aliphatic carboxylic acids is 3. The van der Waals surface area contributed by atoms with Crippen LogP contribution in [0.15, 0.2) is 0 Å². The maximum absolute atomic E-state index is 12.0. The standard InChI is InChI=1S/C28H54N6O7/c1-24(2)8-5-7-11-30-25(35)9-4-3-6-10-29-23-34-18-16-32(21-27(38)39)14-12-31(20-26(36)37)13-15-33(17-19-34)22-28(40)41/h24,29H,3-23H2,1-2H3,(H,30,35)(H,36,37)(H,38,39)(H,40,41). The molecule has 41 heavy (non-hydrogen) atoms. The van der Waals surface area contributed by atoms with Crippen molar-refractivity contribution < 1.29 is 34.5 Å². The van der Waals surface area contributed by atoms with Crippen LogP contribution in [0.1, 0.15) is 58.8 Å². The van der Waals surface area contributed by atoms with Crippen molar-refractivity contribution in [3.63, 3.8) is 0 Å². The summed E-state index contributed by atoms with van der Waals surface area (Å²) in [6.45, 7) is 9.88. The molecular formula is C28H54N6O7. The first-order valence-electron chi connectivity index (χ1n) is 15.1. The molecule has 0 aromatic rings. The monoisotopic (exact) mass is 586 g/mol. The van der Waals surface area contributed by atoms with Crippen molar-refractivity contribution in [1.82, 2.24) is 30.2 Å². The zero-order valence-electron chi connectivity index (χ0n) is 25.2. The summed E-state index contributed by atoms with van der Waals surface area (Å²) in [5.41, 5.74) is 0. The molecule has 0 aromatic carbocycles. The fourth-order valence-corrected chi connectivity index (χ4v) is 4.73. The van der Waals surface area contributed by atoms with Gasteiger partial charge in [-0.05, 0) is 31.7 Å². The van der Waals surface area contributed by atoms with Crippen LogP contribution in [0.3, 0.4) is 0 Å². The van der Waals surface area contributed by atoms with E-state index in [2.05, 4.69) is 29.4 Å². The van der Waals surface area contributed by atoms with Gasteiger partial charge in [-0.25, -0.2) is 0 Å². The van der Waals surface area contributed by atoms with Gasteiger partial charge in [-0.2, -0.15) is 0 Å². The second-order valence-corrected chi connectivity index (χ2v) is 11.3. The Morgan fingerprint density at radius 1 is 0.610 bits per heavy atom. The quantitative estimate of drug-likeness (QED) is 0.133. The molecule has 0 aromatic heterocycles. The molecule has 0 bridgehead atoms. The molecule has 13 nitrogen and oxygen atoms in total. The molecule has 1 aliphatic rings. The zero-order valence-corrected chi connectivity index (χ0v) is 25.2. The lowest BCUT2D eigenvalue weighted by molar-refractivity contribution is -0.140. The van der Waals surface area contributed by atoms with E-state index in [0.717, 1.165) is 45.2 Å². The number of carboxylic acid groups (broad SMARTS) is 3. The summed E-state index contributed by atoms with van der Waals surface area (Å²) in [5.74, 6) is -2.02. The van der Waals surface area contributed by atoms with Crippen LogP contribution in [0.25, 0.3) is 0 Å². The highest BCUT2D eigenvalue weighted by Gasteiger charge is 2.20. The minimum atomic E-state index is -0.973. The number of unbranched alkanes of at least 4 members (excludes halogenated alkanes) is 3. The number of carboxylic acids is 3. The van der Waals surface area contributed by atoms with E-state index < -0.39 is 17.9 Å². The zero-order chi connectivity index (χ0) is 30.5. The number of rotatable bonds is 19. The van der Waals surface area contributed by atoms with Gasteiger partial charge < -0.3 is 26.0 Å². The van der Waals surface area contributed by atoms with Crippen molar-refractivity contribution in [1.29, 1.82) is 0 Å². The number of hydrogen-bond acceptors (Lipinski definition) is 9. The lowest BCUT2D eigenvalue weighted by atomic mass is 10.1. The third-order valence-electron chi connectivity index (χ3n) is 7.13. The largest absolute Gasteiger partial charge is 0.480 e. The fraction of sp³-hybridized carbons (Fsp3) is 0.857. The summed E-state index contributed by atoms with van der Waals surface area (Å²) in [6.07, 6.45) is 6.62. The van der Waals surface area contributed by atoms with E-state index in [1.54, 1.807) is 4.90 Å². The van der Waals surface area contributed by atoms with Gasteiger partial charge in [-0.15, -0.1) is 0 Å². The summed E-state index contributed by atoms with van der Waals surface area (Å²) in [5, 5.41) is 34.4. The van der Waals surface area contributed by atoms with Crippen molar-refractivity contribution in [2.75, 3.05) is 91.8 Å². The van der Waals surface area contributed by atoms with E-state index in [9.17, 15) is 34.5 Å². The maximum atomic E-state index is 12.0. The normalized spacial score (nSPS) is 17.1. The highest BCUT2D eigenvalue weighted by Crippen LogP contribution is 2.06. The molecule has 0 saturated carbocycles. The lowest BCUT2D eigenvalue weighted by Gasteiger charge is -2.33. The molecule has 5 N–H and O–H groups in total. The molecular weight excluding hydrogens is 532 g/mol. The van der Waals surface area contributed by atoms with Crippen molar-refractivity contribution in [3.8, 4) is 0 Å². The van der Waals surface area contributed by atoms with Gasteiger partial charge in [-0.1, -0.05) is 33.1 Å². The van der Waals surface area contributed by atoms with E-state index >= 15 is 0 Å². The van der Waals surface area contributed by atoms with Crippen LogP contribution in [-0.4, -0.2) is 150 Å². The van der Waals surface area contributed by atoms with Gasteiger partial charge in [0.1, 0.15) is 0 Å². The molecule has 0 aliphatic carbocycles. The molecule has 1 aliphatic heterocycles. The Labute approximate surface area is 245 Å². The Morgan fingerprint density at radius 3 is 1.49 bits per heavy atom. The van der Waals surface area contributed by atoms with Gasteiger partial charge in [0.25, 0.3) is 0 Å². The highest BCUT2D eigenvalue weighted by atomic mass is 16.4. The van der Waals surface area contributed by atoms with Crippen LogP contribution in [0.2, 0.25) is 0 Å². The molecule has 0 spiro atoms. The molecule has 0 unspecified atom stereocenters. The topological polar surface area (TPSA) is 166 Å². The Kier molecular flexibility index (Phi) is 20.0. The number of nitrogens with one attached hydrogen (secondary N) is 2. The van der Waals surface area contributed by atoms with Gasteiger partial charge in [0.15, 0.2) is 0 Å². The second kappa shape index (κ2) is 22.3. The first kappa shape index (κ1) is 36.7. The van der Waals surface area contributed by atoms with Gasteiger partial charge in [0, 0.05) is 72.0 Å².